The van der Waals surface area contributed by atoms with E-state index < -0.39 is 18.2 Å². The number of nitriles is 1. The van der Waals surface area contributed by atoms with E-state index in [0.29, 0.717) is 40.2 Å². The molecule has 12 heteroatoms. The van der Waals surface area contributed by atoms with E-state index >= 15 is 0 Å². The van der Waals surface area contributed by atoms with Gasteiger partial charge in [0.1, 0.15) is 12.1 Å². The zero-order chi connectivity index (χ0) is 39.2. The number of nitrogens with zero attached hydrogens (tertiary/aromatic N) is 6. The first-order valence-corrected chi connectivity index (χ1v) is 20.5. The van der Waals surface area contributed by atoms with Gasteiger partial charge in [0, 0.05) is 70.7 Å². The molecule has 290 valence electrons. The molecule has 2 N–H and O–H groups in total. The van der Waals surface area contributed by atoms with E-state index in [1.165, 1.54) is 21.7 Å². The third-order valence-corrected chi connectivity index (χ3v) is 12.9. The third-order valence-electron chi connectivity index (χ3n) is 12.5. The zero-order valence-electron chi connectivity index (χ0n) is 31.7. The Morgan fingerprint density at radius 2 is 1.68 bits per heavy atom. The molecule has 4 aromatic rings. The lowest BCUT2D eigenvalue weighted by atomic mass is 9.93. The summed E-state index contributed by atoms with van der Waals surface area (Å²) in [4.78, 5) is 43.5. The van der Waals surface area contributed by atoms with Crippen molar-refractivity contribution in [2.24, 2.45) is 5.92 Å². The standard InChI is InChI=1S/C45H44ClN7O4/c46-38-24-31(10-11-32(38)26-47)42-36-2-1-3-39(36)52(49-42)27-30-8-6-28(7-9-30)4-5-29-16-20-50(21-17-29)33-18-22-51(23-19-33)34-12-13-35-37(25-34)45(57)53(44(35)56)40-14-15-41(54)48-43(40)55/h6-13,24-25,29,33,40,45,57H,1-3,14-23,27H2,(H,48,54,55). The van der Waals surface area contributed by atoms with Crippen molar-refractivity contribution in [2.75, 3.05) is 31.1 Å². The lowest BCUT2D eigenvalue weighted by Gasteiger charge is -2.42. The van der Waals surface area contributed by atoms with E-state index in [2.05, 4.69) is 62.0 Å². The maximum absolute atomic E-state index is 13.2. The summed E-state index contributed by atoms with van der Waals surface area (Å²) >= 11 is 6.36. The van der Waals surface area contributed by atoms with Crippen molar-refractivity contribution in [1.82, 2.24) is 24.9 Å². The molecule has 0 saturated carbocycles. The molecule has 3 aromatic carbocycles. The minimum Gasteiger partial charge on any atom is -0.371 e. The van der Waals surface area contributed by atoms with Gasteiger partial charge in [0.25, 0.3) is 5.91 Å². The smallest absolute Gasteiger partial charge is 0.257 e. The molecular weight excluding hydrogens is 738 g/mol. The Bertz CT molecular complexity index is 2360. The van der Waals surface area contributed by atoms with Crippen LogP contribution in [0.5, 0.6) is 0 Å². The van der Waals surface area contributed by atoms with Gasteiger partial charge in [-0.2, -0.15) is 10.4 Å². The molecule has 0 radical (unpaired) electrons. The van der Waals surface area contributed by atoms with E-state index in [1.54, 1.807) is 12.1 Å². The number of imide groups is 1. The fourth-order valence-corrected chi connectivity index (χ4v) is 9.61. The zero-order valence-corrected chi connectivity index (χ0v) is 32.5. The van der Waals surface area contributed by atoms with Gasteiger partial charge >= 0.3 is 0 Å². The Morgan fingerprint density at radius 3 is 2.42 bits per heavy atom. The number of aliphatic hydroxyl groups is 1. The molecule has 5 heterocycles. The van der Waals surface area contributed by atoms with Crippen LogP contribution in [0.25, 0.3) is 11.3 Å². The molecule has 57 heavy (non-hydrogen) atoms. The number of anilines is 1. The van der Waals surface area contributed by atoms with Crippen LogP contribution in [0.4, 0.5) is 5.69 Å². The predicted molar refractivity (Wildman–Crippen MR) is 215 cm³/mol. The van der Waals surface area contributed by atoms with Crippen LogP contribution in [0.1, 0.15) is 95.0 Å². The number of aliphatic hydroxyl groups excluding tert-OH is 1. The van der Waals surface area contributed by atoms with Gasteiger partial charge in [0.15, 0.2) is 6.23 Å². The molecule has 0 spiro atoms. The number of aromatic nitrogens is 2. The van der Waals surface area contributed by atoms with Crippen molar-refractivity contribution in [3.05, 3.63) is 105 Å². The maximum Gasteiger partial charge on any atom is 0.257 e. The fraction of sp³-hybridized carbons (Fsp3) is 0.400. The van der Waals surface area contributed by atoms with E-state index in [9.17, 15) is 24.8 Å². The minimum absolute atomic E-state index is 0.141. The monoisotopic (exact) mass is 781 g/mol. The summed E-state index contributed by atoms with van der Waals surface area (Å²) < 4.78 is 2.13. The Kier molecular flexibility index (Phi) is 10.1. The molecule has 4 aliphatic heterocycles. The quantitative estimate of drug-likeness (QED) is 0.191. The molecule has 9 rings (SSSR count). The summed E-state index contributed by atoms with van der Waals surface area (Å²) in [5.74, 6) is 6.12. The van der Waals surface area contributed by atoms with Crippen LogP contribution in [0.3, 0.4) is 0 Å². The Balaban J connectivity index is 0.761. The molecule has 5 aliphatic rings. The molecule has 2 unspecified atom stereocenters. The van der Waals surface area contributed by atoms with Gasteiger partial charge in [0.2, 0.25) is 11.8 Å². The molecule has 11 nitrogen and oxygen atoms in total. The first kappa shape index (κ1) is 37.1. The molecule has 3 fully saturated rings. The average Bonchev–Trinajstić information content (AvgIpc) is 3.91. The number of benzene rings is 3. The van der Waals surface area contributed by atoms with Gasteiger partial charge in [0.05, 0.1) is 22.8 Å². The Morgan fingerprint density at radius 1 is 0.895 bits per heavy atom. The van der Waals surface area contributed by atoms with Gasteiger partial charge in [-0.15, -0.1) is 0 Å². The number of hydrogen-bond donors (Lipinski definition) is 2. The number of likely N-dealkylation sites (tertiary alicyclic amines) is 1. The lowest BCUT2D eigenvalue weighted by molar-refractivity contribution is -0.139. The van der Waals surface area contributed by atoms with Crippen molar-refractivity contribution in [2.45, 2.75) is 82.6 Å². The molecule has 3 amide bonds. The van der Waals surface area contributed by atoms with Crippen LogP contribution >= 0.6 is 11.6 Å². The first-order valence-electron chi connectivity index (χ1n) is 20.1. The highest BCUT2D eigenvalue weighted by Gasteiger charge is 2.44. The number of nitrogens with one attached hydrogen (secondary N) is 1. The number of halogens is 1. The summed E-state index contributed by atoms with van der Waals surface area (Å²) in [5, 5.41) is 28.2. The van der Waals surface area contributed by atoms with Gasteiger partial charge in [-0.3, -0.25) is 29.3 Å². The highest BCUT2D eigenvalue weighted by molar-refractivity contribution is 6.32. The average molecular weight is 782 g/mol. The molecular formula is C45H44ClN7O4. The Hall–Kier alpha value is -5.46. The number of fused-ring (bicyclic) bond motifs is 2. The lowest BCUT2D eigenvalue weighted by Crippen LogP contribution is -2.53. The minimum atomic E-state index is -1.22. The molecule has 0 bridgehead atoms. The molecule has 1 aliphatic carbocycles. The molecule has 1 aromatic heterocycles. The highest BCUT2D eigenvalue weighted by atomic mass is 35.5. The number of hydrogen-bond acceptors (Lipinski definition) is 8. The second-order valence-corrected chi connectivity index (χ2v) is 16.3. The fourth-order valence-electron chi connectivity index (χ4n) is 9.39. The number of carbonyl (C=O) groups is 3. The van der Waals surface area contributed by atoms with Crippen LogP contribution in [-0.4, -0.2) is 80.7 Å². The normalized spacial score (nSPS) is 21.5. The van der Waals surface area contributed by atoms with Crippen LogP contribution in [0, 0.1) is 29.1 Å². The number of rotatable bonds is 6. The third kappa shape index (κ3) is 7.21. The van der Waals surface area contributed by atoms with Crippen molar-refractivity contribution >= 4 is 35.0 Å². The van der Waals surface area contributed by atoms with E-state index in [4.69, 9.17) is 16.7 Å². The topological polar surface area (TPSA) is 135 Å². The van der Waals surface area contributed by atoms with Crippen molar-refractivity contribution in [3.63, 3.8) is 0 Å². The number of piperidine rings is 3. The summed E-state index contributed by atoms with van der Waals surface area (Å²) in [7, 11) is 0. The molecule has 2 atom stereocenters. The Labute approximate surface area is 337 Å². The maximum atomic E-state index is 13.2. The summed E-state index contributed by atoms with van der Waals surface area (Å²) in [6.07, 6.45) is 6.44. The van der Waals surface area contributed by atoms with Crippen LogP contribution in [-0.2, 0) is 29.0 Å². The second-order valence-electron chi connectivity index (χ2n) is 15.9. The number of carbonyl (C=O) groups excluding carboxylic acids is 3. The van der Waals surface area contributed by atoms with Gasteiger partial charge in [-0.05, 0) is 112 Å². The van der Waals surface area contributed by atoms with E-state index in [-0.39, 0.29) is 24.7 Å². The van der Waals surface area contributed by atoms with Crippen molar-refractivity contribution in [1.29, 1.82) is 5.26 Å². The summed E-state index contributed by atoms with van der Waals surface area (Å²) in [6, 6.07) is 21.5. The second kappa shape index (κ2) is 15.5. The van der Waals surface area contributed by atoms with E-state index in [1.807, 2.05) is 24.3 Å². The van der Waals surface area contributed by atoms with Gasteiger partial charge in [-0.1, -0.05) is 41.6 Å². The van der Waals surface area contributed by atoms with Crippen LogP contribution < -0.4 is 10.2 Å². The number of amides is 3. The summed E-state index contributed by atoms with van der Waals surface area (Å²) in [5.41, 5.74) is 9.06. The highest BCUT2D eigenvalue weighted by Crippen LogP contribution is 2.38. The predicted octanol–water partition coefficient (Wildman–Crippen LogP) is 5.60. The first-order chi connectivity index (χ1) is 27.7. The van der Waals surface area contributed by atoms with Crippen LogP contribution in [0.15, 0.2) is 60.7 Å². The largest absolute Gasteiger partial charge is 0.371 e. The van der Waals surface area contributed by atoms with Crippen molar-refractivity contribution < 1.29 is 19.5 Å². The summed E-state index contributed by atoms with van der Waals surface area (Å²) in [6.45, 7) is 4.54. The van der Waals surface area contributed by atoms with Gasteiger partial charge in [-0.25, -0.2) is 0 Å². The SMILES string of the molecule is N#Cc1ccc(-c2nn(Cc3ccc(C#CC4CCN(C5CCN(c6ccc7c(c6)C(O)N(C6CCC(=O)NC6=O)C7=O)CC5)CC4)cc3)c3c2CCC3)cc1Cl. The van der Waals surface area contributed by atoms with Crippen molar-refractivity contribution in [3.8, 4) is 29.2 Å². The van der Waals surface area contributed by atoms with E-state index in [0.717, 1.165) is 93.6 Å². The van der Waals surface area contributed by atoms with Crippen LogP contribution in [0.2, 0.25) is 5.02 Å². The molecule has 3 saturated heterocycles. The van der Waals surface area contributed by atoms with Gasteiger partial charge < -0.3 is 14.9 Å².